The van der Waals surface area contributed by atoms with Gasteiger partial charge >= 0.3 is 0 Å². The predicted molar refractivity (Wildman–Crippen MR) is 53.0 cm³/mol. The van der Waals surface area contributed by atoms with E-state index < -0.39 is 0 Å². The van der Waals surface area contributed by atoms with E-state index >= 15 is 0 Å². The molecule has 1 nitrogen and oxygen atoms in total. The molecular formula is C10H11BrO. The molecule has 0 aliphatic carbocycles. The van der Waals surface area contributed by atoms with Crippen LogP contribution in [0.25, 0.3) is 0 Å². The number of aryl methyl sites for hydroxylation is 1. The lowest BCUT2D eigenvalue weighted by molar-refractivity contribution is 0.198. The molecule has 0 N–H and O–H groups in total. The van der Waals surface area contributed by atoms with Gasteiger partial charge in [-0.15, -0.1) is 0 Å². The Morgan fingerprint density at radius 2 is 2.25 bits per heavy atom. The number of rotatable bonds is 1. The summed E-state index contributed by atoms with van der Waals surface area (Å²) in [5.41, 5.74) is 1.34. The number of hydrogen-bond acceptors (Lipinski definition) is 1. The number of halogens is 1. The molecule has 12 heavy (non-hydrogen) atoms. The molecule has 1 aliphatic rings. The average molecular weight is 227 g/mol. The van der Waals surface area contributed by atoms with E-state index in [2.05, 4.69) is 28.1 Å². The van der Waals surface area contributed by atoms with Crippen LogP contribution in [0.2, 0.25) is 0 Å². The molecule has 0 bridgehead atoms. The van der Waals surface area contributed by atoms with Crippen LogP contribution >= 0.6 is 15.9 Å². The van der Waals surface area contributed by atoms with Crippen LogP contribution in [0.15, 0.2) is 24.3 Å². The van der Waals surface area contributed by atoms with E-state index in [0.717, 1.165) is 23.9 Å². The van der Waals surface area contributed by atoms with Crippen LogP contribution < -0.4 is 4.74 Å². The first-order valence-electron chi connectivity index (χ1n) is 4.20. The second kappa shape index (κ2) is 3.48. The number of alkyl halides is 1. The quantitative estimate of drug-likeness (QED) is 0.670. The number of hydrogen-bond donors (Lipinski definition) is 0. The Morgan fingerprint density at radius 1 is 1.42 bits per heavy atom. The van der Waals surface area contributed by atoms with Gasteiger partial charge in [-0.05, 0) is 24.5 Å². The molecule has 2 heteroatoms. The molecule has 0 amide bonds. The molecule has 0 fully saturated rings. The van der Waals surface area contributed by atoms with Gasteiger partial charge < -0.3 is 4.74 Å². The van der Waals surface area contributed by atoms with Gasteiger partial charge in [0.1, 0.15) is 11.9 Å². The fourth-order valence-electron chi connectivity index (χ4n) is 1.49. The van der Waals surface area contributed by atoms with E-state index in [1.807, 2.05) is 12.1 Å². The molecule has 1 aromatic carbocycles. The molecule has 1 unspecified atom stereocenters. The van der Waals surface area contributed by atoms with Crippen molar-refractivity contribution in [2.24, 2.45) is 0 Å². The smallest absolute Gasteiger partial charge is 0.122 e. The highest BCUT2D eigenvalue weighted by molar-refractivity contribution is 9.09. The Balaban J connectivity index is 2.23. The lowest BCUT2D eigenvalue weighted by Crippen LogP contribution is -2.23. The number of para-hydroxylation sites is 1. The highest BCUT2D eigenvalue weighted by Crippen LogP contribution is 2.27. The Labute approximate surface area is 80.9 Å². The first-order valence-corrected chi connectivity index (χ1v) is 5.33. The van der Waals surface area contributed by atoms with Gasteiger partial charge in [0.15, 0.2) is 0 Å². The summed E-state index contributed by atoms with van der Waals surface area (Å²) in [5, 5.41) is 0.932. The van der Waals surface area contributed by atoms with E-state index in [1.54, 1.807) is 0 Å². The summed E-state index contributed by atoms with van der Waals surface area (Å²) >= 11 is 3.44. The van der Waals surface area contributed by atoms with E-state index in [1.165, 1.54) is 5.56 Å². The summed E-state index contributed by atoms with van der Waals surface area (Å²) < 4.78 is 5.73. The fraction of sp³-hybridized carbons (Fsp3) is 0.400. The van der Waals surface area contributed by atoms with Crippen molar-refractivity contribution in [2.45, 2.75) is 18.9 Å². The summed E-state index contributed by atoms with van der Waals surface area (Å²) in [6.07, 6.45) is 2.63. The second-order valence-corrected chi connectivity index (χ2v) is 3.69. The van der Waals surface area contributed by atoms with E-state index in [4.69, 9.17) is 4.74 Å². The standard InChI is InChI=1S/C10H11BrO/c11-7-9-6-5-8-3-1-2-4-10(8)12-9/h1-4,9H,5-7H2. The molecule has 1 aliphatic heterocycles. The van der Waals surface area contributed by atoms with Crippen LogP contribution in [0.4, 0.5) is 0 Å². The van der Waals surface area contributed by atoms with Gasteiger partial charge in [-0.25, -0.2) is 0 Å². The highest BCUT2D eigenvalue weighted by atomic mass is 79.9. The van der Waals surface area contributed by atoms with Crippen molar-refractivity contribution in [3.63, 3.8) is 0 Å². The van der Waals surface area contributed by atoms with Gasteiger partial charge in [-0.2, -0.15) is 0 Å². The summed E-state index contributed by atoms with van der Waals surface area (Å²) in [7, 11) is 0. The molecule has 64 valence electrons. The molecule has 0 aromatic heterocycles. The number of benzene rings is 1. The van der Waals surface area contributed by atoms with Gasteiger partial charge in [0.25, 0.3) is 0 Å². The Morgan fingerprint density at radius 3 is 3.08 bits per heavy atom. The molecule has 1 aromatic rings. The molecule has 0 spiro atoms. The Hall–Kier alpha value is -0.500. The normalized spacial score (nSPS) is 21.2. The molecule has 0 saturated carbocycles. The third-order valence-corrected chi connectivity index (χ3v) is 2.90. The maximum Gasteiger partial charge on any atom is 0.122 e. The maximum atomic E-state index is 5.73. The van der Waals surface area contributed by atoms with Gasteiger partial charge in [0.2, 0.25) is 0 Å². The molecule has 0 saturated heterocycles. The molecule has 2 rings (SSSR count). The average Bonchev–Trinajstić information content (AvgIpc) is 2.17. The molecule has 1 heterocycles. The lowest BCUT2D eigenvalue weighted by Gasteiger charge is -2.24. The zero-order chi connectivity index (χ0) is 8.39. The van der Waals surface area contributed by atoms with Crippen LogP contribution in [0.5, 0.6) is 5.75 Å². The fourth-order valence-corrected chi connectivity index (χ4v) is 1.94. The van der Waals surface area contributed by atoms with Crippen molar-refractivity contribution in [3.05, 3.63) is 29.8 Å². The van der Waals surface area contributed by atoms with Crippen LogP contribution in [-0.2, 0) is 6.42 Å². The van der Waals surface area contributed by atoms with Crippen molar-refractivity contribution in [3.8, 4) is 5.75 Å². The highest BCUT2D eigenvalue weighted by Gasteiger charge is 2.17. The van der Waals surface area contributed by atoms with Gasteiger partial charge in [-0.1, -0.05) is 34.1 Å². The van der Waals surface area contributed by atoms with E-state index in [0.29, 0.717) is 6.10 Å². The maximum absolute atomic E-state index is 5.73. The zero-order valence-electron chi connectivity index (χ0n) is 6.79. The summed E-state index contributed by atoms with van der Waals surface area (Å²) in [6, 6.07) is 8.27. The number of fused-ring (bicyclic) bond motifs is 1. The van der Waals surface area contributed by atoms with Gasteiger partial charge in [0, 0.05) is 5.33 Å². The minimum atomic E-state index is 0.361. The monoisotopic (exact) mass is 226 g/mol. The SMILES string of the molecule is BrCC1CCc2ccccc2O1. The summed E-state index contributed by atoms with van der Waals surface area (Å²) in [4.78, 5) is 0. The topological polar surface area (TPSA) is 9.23 Å². The van der Waals surface area contributed by atoms with Crippen LogP contribution in [0.1, 0.15) is 12.0 Å². The minimum absolute atomic E-state index is 0.361. The third-order valence-electron chi connectivity index (χ3n) is 2.17. The predicted octanol–water partition coefficient (Wildman–Crippen LogP) is 2.78. The zero-order valence-corrected chi connectivity index (χ0v) is 8.38. The molecule has 0 radical (unpaired) electrons. The van der Waals surface area contributed by atoms with Crippen molar-refractivity contribution in [1.82, 2.24) is 0 Å². The van der Waals surface area contributed by atoms with Crippen molar-refractivity contribution in [2.75, 3.05) is 5.33 Å². The van der Waals surface area contributed by atoms with E-state index in [-0.39, 0.29) is 0 Å². The first kappa shape index (κ1) is 8.11. The summed E-state index contributed by atoms with van der Waals surface area (Å²) in [6.45, 7) is 0. The van der Waals surface area contributed by atoms with Crippen molar-refractivity contribution < 1.29 is 4.74 Å². The van der Waals surface area contributed by atoms with E-state index in [9.17, 15) is 0 Å². The van der Waals surface area contributed by atoms with Crippen molar-refractivity contribution in [1.29, 1.82) is 0 Å². The largest absolute Gasteiger partial charge is 0.489 e. The van der Waals surface area contributed by atoms with Crippen LogP contribution in [-0.4, -0.2) is 11.4 Å². The minimum Gasteiger partial charge on any atom is -0.489 e. The van der Waals surface area contributed by atoms with Crippen molar-refractivity contribution >= 4 is 15.9 Å². The lowest BCUT2D eigenvalue weighted by atomic mass is 10.0. The Kier molecular flexibility index (Phi) is 2.35. The number of ether oxygens (including phenoxy) is 1. The molecular weight excluding hydrogens is 216 g/mol. The first-order chi connectivity index (χ1) is 5.90. The van der Waals surface area contributed by atoms with Crippen LogP contribution in [0.3, 0.4) is 0 Å². The van der Waals surface area contributed by atoms with Gasteiger partial charge in [-0.3, -0.25) is 0 Å². The second-order valence-electron chi connectivity index (χ2n) is 3.04. The molecule has 1 atom stereocenters. The third kappa shape index (κ3) is 1.48. The Bertz CT molecular complexity index is 272. The summed E-state index contributed by atoms with van der Waals surface area (Å²) in [5.74, 6) is 1.06. The van der Waals surface area contributed by atoms with Gasteiger partial charge in [0.05, 0.1) is 0 Å². The van der Waals surface area contributed by atoms with Crippen LogP contribution in [0, 0.1) is 0 Å².